The second-order valence-corrected chi connectivity index (χ2v) is 9.40. The number of rotatable bonds is 8. The summed E-state index contributed by atoms with van der Waals surface area (Å²) >= 11 is 1.51. The number of nitrogens with one attached hydrogen (secondary N) is 1. The van der Waals surface area contributed by atoms with Crippen molar-refractivity contribution in [3.05, 3.63) is 87.9 Å². The Kier molecular flexibility index (Phi) is 8.53. The summed E-state index contributed by atoms with van der Waals surface area (Å²) in [6.07, 6.45) is 7.14. The van der Waals surface area contributed by atoms with Gasteiger partial charge in [0, 0.05) is 36.9 Å². The lowest BCUT2D eigenvalue weighted by Gasteiger charge is -2.30. The molecule has 0 aliphatic carbocycles. The Morgan fingerprint density at radius 2 is 1.71 bits per heavy atom. The molecule has 1 aliphatic rings. The van der Waals surface area contributed by atoms with Crippen LogP contribution >= 0.6 is 11.3 Å². The van der Waals surface area contributed by atoms with Crippen molar-refractivity contribution in [3.8, 4) is 12.3 Å². The lowest BCUT2D eigenvalue weighted by molar-refractivity contribution is 0.0948. The number of benzene rings is 2. The fourth-order valence-electron chi connectivity index (χ4n) is 4.40. The summed E-state index contributed by atoms with van der Waals surface area (Å²) in [5.41, 5.74) is 2.92. The number of carbonyl (C=O) groups is 2. The molecular formula is C28H29N3O3S. The first kappa shape index (κ1) is 24.5. The van der Waals surface area contributed by atoms with Crippen molar-refractivity contribution >= 4 is 23.3 Å². The monoisotopic (exact) mass is 487 g/mol. The van der Waals surface area contributed by atoms with Crippen molar-refractivity contribution in [2.24, 2.45) is 0 Å². The minimum absolute atomic E-state index is 0.0127. The van der Waals surface area contributed by atoms with E-state index in [-0.39, 0.29) is 30.4 Å². The number of amides is 2. The number of ether oxygens (including phenoxy) is 1. The van der Waals surface area contributed by atoms with Crippen LogP contribution in [0.5, 0.6) is 0 Å². The van der Waals surface area contributed by atoms with E-state index < -0.39 is 0 Å². The van der Waals surface area contributed by atoms with Crippen LogP contribution in [0.4, 0.5) is 4.79 Å². The third kappa shape index (κ3) is 6.49. The lowest BCUT2D eigenvalue weighted by Crippen LogP contribution is -2.38. The van der Waals surface area contributed by atoms with Crippen LogP contribution in [0.1, 0.15) is 57.7 Å². The summed E-state index contributed by atoms with van der Waals surface area (Å²) in [5.74, 6) is 2.60. The van der Waals surface area contributed by atoms with E-state index in [1.54, 1.807) is 4.90 Å². The van der Waals surface area contributed by atoms with E-state index in [4.69, 9.17) is 11.2 Å². The summed E-state index contributed by atoms with van der Waals surface area (Å²) in [6, 6.07) is 20.7. The first-order chi connectivity index (χ1) is 17.2. The van der Waals surface area contributed by atoms with Crippen molar-refractivity contribution in [1.29, 1.82) is 0 Å². The fourth-order valence-corrected chi connectivity index (χ4v) is 5.37. The van der Waals surface area contributed by atoms with E-state index in [2.05, 4.69) is 40.5 Å². The van der Waals surface area contributed by atoms with Gasteiger partial charge in [0.15, 0.2) is 6.61 Å². The zero-order valence-electron chi connectivity index (χ0n) is 19.6. The zero-order valence-corrected chi connectivity index (χ0v) is 20.4. The highest BCUT2D eigenvalue weighted by atomic mass is 32.1. The van der Waals surface area contributed by atoms with Gasteiger partial charge in [-0.1, -0.05) is 66.6 Å². The minimum atomic E-state index is -0.370. The SMILES string of the molecule is C#CCOC(=O)N1CCC(c2nc(C(=O)NCCC(c3ccccc3)c3ccccc3)cs2)CC1. The maximum absolute atomic E-state index is 12.8. The number of nitrogens with zero attached hydrogens (tertiary/aromatic N) is 2. The van der Waals surface area contributed by atoms with Gasteiger partial charge in [0.2, 0.25) is 0 Å². The first-order valence-electron chi connectivity index (χ1n) is 11.8. The van der Waals surface area contributed by atoms with Gasteiger partial charge in [-0.2, -0.15) is 0 Å². The Bertz CT molecular complexity index is 1110. The maximum Gasteiger partial charge on any atom is 0.410 e. The second kappa shape index (κ2) is 12.2. The third-order valence-electron chi connectivity index (χ3n) is 6.26. The van der Waals surface area contributed by atoms with Crippen LogP contribution in [0.15, 0.2) is 66.0 Å². The molecule has 2 heterocycles. The Balaban J connectivity index is 1.30. The Morgan fingerprint density at radius 3 is 2.31 bits per heavy atom. The smallest absolute Gasteiger partial charge is 0.410 e. The molecule has 0 atom stereocenters. The molecule has 180 valence electrons. The lowest BCUT2D eigenvalue weighted by atomic mass is 9.88. The predicted molar refractivity (Wildman–Crippen MR) is 138 cm³/mol. The molecule has 0 saturated carbocycles. The van der Waals surface area contributed by atoms with Crippen molar-refractivity contribution < 1.29 is 14.3 Å². The molecule has 1 aliphatic heterocycles. The molecule has 3 aromatic rings. The Hall–Kier alpha value is -3.63. The second-order valence-electron chi connectivity index (χ2n) is 8.51. The molecule has 2 aromatic carbocycles. The molecule has 0 bridgehead atoms. The van der Waals surface area contributed by atoms with E-state index >= 15 is 0 Å². The van der Waals surface area contributed by atoms with Crippen molar-refractivity contribution in [1.82, 2.24) is 15.2 Å². The summed E-state index contributed by atoms with van der Waals surface area (Å²) < 4.78 is 5.00. The van der Waals surface area contributed by atoms with Crippen molar-refractivity contribution in [2.45, 2.75) is 31.1 Å². The summed E-state index contributed by atoms with van der Waals surface area (Å²) in [6.45, 7) is 1.73. The van der Waals surface area contributed by atoms with Gasteiger partial charge >= 0.3 is 6.09 Å². The standard InChI is InChI=1S/C28H29N3O3S/c1-2-19-34-28(33)31-17-14-23(15-18-31)27-30-25(20-35-27)26(32)29-16-13-24(21-9-5-3-6-10-21)22-11-7-4-8-12-22/h1,3-12,20,23-24H,13-19H2,(H,29,32). The summed E-state index contributed by atoms with van der Waals surface area (Å²) in [4.78, 5) is 31.0. The van der Waals surface area contributed by atoms with Crippen LogP contribution in [0.25, 0.3) is 0 Å². The molecule has 0 unspecified atom stereocenters. The van der Waals surface area contributed by atoms with Gasteiger partial charge in [-0.3, -0.25) is 4.79 Å². The van der Waals surface area contributed by atoms with Crippen LogP contribution < -0.4 is 5.32 Å². The Morgan fingerprint density at radius 1 is 1.09 bits per heavy atom. The number of terminal acetylenes is 1. The van der Waals surface area contributed by atoms with Gasteiger partial charge in [0.05, 0.1) is 5.01 Å². The molecule has 1 aromatic heterocycles. The average molecular weight is 488 g/mol. The highest BCUT2D eigenvalue weighted by Crippen LogP contribution is 2.31. The number of hydrogen-bond donors (Lipinski definition) is 1. The van der Waals surface area contributed by atoms with E-state index in [0.717, 1.165) is 24.3 Å². The highest BCUT2D eigenvalue weighted by Gasteiger charge is 2.27. The quantitative estimate of drug-likeness (QED) is 0.452. The summed E-state index contributed by atoms with van der Waals surface area (Å²) in [7, 11) is 0. The van der Waals surface area contributed by atoms with Crippen LogP contribution in [0.3, 0.4) is 0 Å². The van der Waals surface area contributed by atoms with E-state index in [1.165, 1.54) is 22.5 Å². The number of piperidine rings is 1. The third-order valence-corrected chi connectivity index (χ3v) is 7.27. The van der Waals surface area contributed by atoms with Crippen LogP contribution in [-0.2, 0) is 4.74 Å². The molecule has 0 radical (unpaired) electrons. The Labute approximate surface area is 210 Å². The number of thiazole rings is 1. The van der Waals surface area contributed by atoms with Crippen LogP contribution in [0.2, 0.25) is 0 Å². The molecule has 7 heteroatoms. The van der Waals surface area contributed by atoms with Gasteiger partial charge < -0.3 is 15.0 Å². The average Bonchev–Trinajstić information content (AvgIpc) is 3.41. The predicted octanol–water partition coefficient (Wildman–Crippen LogP) is 5.04. The number of carbonyl (C=O) groups excluding carboxylic acids is 2. The van der Waals surface area contributed by atoms with Gasteiger partial charge in [-0.05, 0) is 30.4 Å². The van der Waals surface area contributed by atoms with E-state index in [9.17, 15) is 9.59 Å². The van der Waals surface area contributed by atoms with Gasteiger partial charge in [-0.25, -0.2) is 9.78 Å². The number of likely N-dealkylation sites (tertiary alicyclic amines) is 1. The van der Waals surface area contributed by atoms with Crippen LogP contribution in [-0.4, -0.2) is 48.1 Å². The van der Waals surface area contributed by atoms with E-state index in [0.29, 0.717) is 25.3 Å². The molecule has 2 amide bonds. The molecule has 1 N–H and O–H groups in total. The zero-order chi connectivity index (χ0) is 24.5. The maximum atomic E-state index is 12.8. The normalized spacial score (nSPS) is 13.9. The van der Waals surface area contributed by atoms with E-state index in [1.807, 2.05) is 41.8 Å². The highest BCUT2D eigenvalue weighted by molar-refractivity contribution is 7.09. The topological polar surface area (TPSA) is 71.5 Å². The van der Waals surface area contributed by atoms with Gasteiger partial charge in [-0.15, -0.1) is 17.8 Å². The first-order valence-corrected chi connectivity index (χ1v) is 12.7. The summed E-state index contributed by atoms with van der Waals surface area (Å²) in [5, 5.41) is 5.81. The molecule has 4 rings (SSSR count). The molecule has 1 saturated heterocycles. The van der Waals surface area contributed by atoms with Gasteiger partial charge in [0.25, 0.3) is 5.91 Å². The largest absolute Gasteiger partial charge is 0.436 e. The van der Waals surface area contributed by atoms with Gasteiger partial charge in [0.1, 0.15) is 5.69 Å². The van der Waals surface area contributed by atoms with Crippen molar-refractivity contribution in [3.63, 3.8) is 0 Å². The number of aromatic nitrogens is 1. The molecule has 0 spiro atoms. The number of hydrogen-bond acceptors (Lipinski definition) is 5. The fraction of sp³-hybridized carbons (Fsp3) is 0.321. The molecular weight excluding hydrogens is 458 g/mol. The molecule has 1 fully saturated rings. The minimum Gasteiger partial charge on any atom is -0.436 e. The van der Waals surface area contributed by atoms with Crippen LogP contribution in [0, 0.1) is 12.3 Å². The van der Waals surface area contributed by atoms with Crippen molar-refractivity contribution in [2.75, 3.05) is 26.2 Å². The molecule has 6 nitrogen and oxygen atoms in total. The molecule has 35 heavy (non-hydrogen) atoms.